The van der Waals surface area contributed by atoms with E-state index in [-0.39, 0.29) is 11.8 Å². The summed E-state index contributed by atoms with van der Waals surface area (Å²) in [6.45, 7) is 0.955. The van der Waals surface area contributed by atoms with Gasteiger partial charge in [0.05, 0.1) is 12.6 Å². The molecule has 0 aromatic carbocycles. The number of piperidine rings is 1. The predicted molar refractivity (Wildman–Crippen MR) is 42.7 cm³/mol. The molecule has 1 fully saturated rings. The maximum atomic E-state index is 12.0. The number of carboxylic acid groups (broad SMARTS) is 1. The van der Waals surface area contributed by atoms with Crippen LogP contribution < -0.4 is 5.32 Å². The minimum absolute atomic E-state index is 0.0266. The van der Waals surface area contributed by atoms with Crippen LogP contribution in [0.3, 0.4) is 0 Å². The van der Waals surface area contributed by atoms with Gasteiger partial charge in [0.25, 0.3) is 0 Å². The highest BCUT2D eigenvalue weighted by Crippen LogP contribution is 2.22. The molecule has 0 saturated carbocycles. The van der Waals surface area contributed by atoms with Crippen LogP contribution in [0.25, 0.3) is 0 Å². The van der Waals surface area contributed by atoms with Gasteiger partial charge in [0.15, 0.2) is 0 Å². The van der Waals surface area contributed by atoms with Crippen LogP contribution in [-0.2, 0) is 4.79 Å². The van der Waals surface area contributed by atoms with Crippen molar-refractivity contribution in [3.8, 4) is 0 Å². The number of halogens is 1. The van der Waals surface area contributed by atoms with Crippen molar-refractivity contribution in [1.29, 1.82) is 0 Å². The molecule has 1 heterocycles. The van der Waals surface area contributed by atoms with Gasteiger partial charge in [-0.25, -0.2) is 0 Å². The molecule has 0 aliphatic carbocycles. The van der Waals surface area contributed by atoms with E-state index in [1.807, 2.05) is 0 Å². The van der Waals surface area contributed by atoms with E-state index in [0.717, 1.165) is 6.54 Å². The van der Waals surface area contributed by atoms with Crippen molar-refractivity contribution in [2.75, 3.05) is 19.8 Å². The normalized spacial score (nSPS) is 30.1. The lowest BCUT2D eigenvalue weighted by atomic mass is 9.85. The first-order valence-electron chi connectivity index (χ1n) is 4.25. The Balaban J connectivity index is 2.48. The fraction of sp³-hybridized carbons (Fsp3) is 0.875. The summed E-state index contributed by atoms with van der Waals surface area (Å²) in [5.41, 5.74) is 0. The Morgan fingerprint density at radius 1 is 1.67 bits per heavy atom. The van der Waals surface area contributed by atoms with E-state index in [2.05, 4.69) is 5.32 Å². The molecule has 0 radical (unpaired) electrons. The molecule has 1 aliphatic rings. The van der Waals surface area contributed by atoms with E-state index < -0.39 is 12.6 Å². The van der Waals surface area contributed by atoms with Gasteiger partial charge >= 0.3 is 5.97 Å². The number of hydrogen-bond donors (Lipinski definition) is 2. The number of alkyl halides is 1. The molecule has 0 aromatic heterocycles. The number of carbonyl (C=O) groups is 1. The van der Waals surface area contributed by atoms with Crippen LogP contribution in [-0.4, -0.2) is 30.8 Å². The summed E-state index contributed by atoms with van der Waals surface area (Å²) in [4.78, 5) is 10.7. The SMILES string of the molecule is O=C(O)C1CCNCC1CCF. The second-order valence-electron chi connectivity index (χ2n) is 3.18. The Kier molecular flexibility index (Phi) is 3.47. The van der Waals surface area contributed by atoms with Crippen LogP contribution in [0.2, 0.25) is 0 Å². The summed E-state index contributed by atoms with van der Waals surface area (Å²) >= 11 is 0. The van der Waals surface area contributed by atoms with Crippen molar-refractivity contribution in [3.63, 3.8) is 0 Å². The first-order chi connectivity index (χ1) is 5.75. The summed E-state index contributed by atoms with van der Waals surface area (Å²) in [5.74, 6) is -1.15. The first kappa shape index (κ1) is 9.45. The maximum Gasteiger partial charge on any atom is 0.306 e. The minimum atomic E-state index is -0.782. The third-order valence-corrected chi connectivity index (χ3v) is 2.40. The van der Waals surface area contributed by atoms with E-state index >= 15 is 0 Å². The van der Waals surface area contributed by atoms with Gasteiger partial charge in [-0.1, -0.05) is 0 Å². The third-order valence-electron chi connectivity index (χ3n) is 2.40. The zero-order chi connectivity index (χ0) is 8.97. The molecule has 12 heavy (non-hydrogen) atoms. The van der Waals surface area contributed by atoms with E-state index in [1.165, 1.54) is 0 Å². The van der Waals surface area contributed by atoms with Crippen molar-refractivity contribution in [2.45, 2.75) is 12.8 Å². The molecule has 3 nitrogen and oxygen atoms in total. The summed E-state index contributed by atoms with van der Waals surface area (Å²) < 4.78 is 12.0. The molecule has 1 saturated heterocycles. The molecule has 2 N–H and O–H groups in total. The van der Waals surface area contributed by atoms with E-state index in [4.69, 9.17) is 5.11 Å². The fourth-order valence-corrected chi connectivity index (χ4v) is 1.69. The third kappa shape index (κ3) is 2.17. The summed E-state index contributed by atoms with van der Waals surface area (Å²) in [6, 6.07) is 0. The number of rotatable bonds is 3. The van der Waals surface area contributed by atoms with Crippen molar-refractivity contribution in [1.82, 2.24) is 5.32 Å². The number of nitrogens with one attached hydrogen (secondary N) is 1. The van der Waals surface area contributed by atoms with Crippen LogP contribution in [0.4, 0.5) is 4.39 Å². The van der Waals surface area contributed by atoms with Crippen molar-refractivity contribution >= 4 is 5.97 Å². The predicted octanol–water partition coefficient (Wildman–Crippen LogP) is 0.656. The second kappa shape index (κ2) is 4.40. The van der Waals surface area contributed by atoms with E-state index in [9.17, 15) is 9.18 Å². The van der Waals surface area contributed by atoms with Crippen LogP contribution in [0.5, 0.6) is 0 Å². The second-order valence-corrected chi connectivity index (χ2v) is 3.18. The molecule has 1 aliphatic heterocycles. The minimum Gasteiger partial charge on any atom is -0.481 e. The van der Waals surface area contributed by atoms with E-state index in [0.29, 0.717) is 19.4 Å². The molecule has 70 valence electrons. The molecule has 2 unspecified atom stereocenters. The Bertz CT molecular complexity index is 161. The Morgan fingerprint density at radius 2 is 2.42 bits per heavy atom. The monoisotopic (exact) mass is 175 g/mol. The van der Waals surface area contributed by atoms with Crippen LogP contribution >= 0.6 is 0 Å². The summed E-state index contributed by atoms with van der Waals surface area (Å²) in [5, 5.41) is 11.9. The van der Waals surface area contributed by atoms with Gasteiger partial charge < -0.3 is 10.4 Å². The molecule has 0 aromatic rings. The Hall–Kier alpha value is -0.640. The zero-order valence-corrected chi connectivity index (χ0v) is 6.92. The fourth-order valence-electron chi connectivity index (χ4n) is 1.69. The number of carboxylic acids is 1. The quantitative estimate of drug-likeness (QED) is 0.662. The first-order valence-corrected chi connectivity index (χ1v) is 4.25. The van der Waals surface area contributed by atoms with E-state index in [1.54, 1.807) is 0 Å². The summed E-state index contributed by atoms with van der Waals surface area (Å²) in [6.07, 6.45) is 0.990. The Morgan fingerprint density at radius 3 is 3.00 bits per heavy atom. The van der Waals surface area contributed by atoms with Crippen LogP contribution in [0.15, 0.2) is 0 Å². The van der Waals surface area contributed by atoms with Gasteiger partial charge in [-0.15, -0.1) is 0 Å². The molecule has 0 spiro atoms. The average Bonchev–Trinajstić information content (AvgIpc) is 2.05. The number of aliphatic carboxylic acids is 1. The molecule has 1 rings (SSSR count). The van der Waals surface area contributed by atoms with Gasteiger partial charge in [-0.05, 0) is 31.8 Å². The lowest BCUT2D eigenvalue weighted by molar-refractivity contribution is -0.144. The molecule has 4 heteroatoms. The molecule has 2 atom stereocenters. The maximum absolute atomic E-state index is 12.0. The molecular weight excluding hydrogens is 161 g/mol. The lowest BCUT2D eigenvalue weighted by Crippen LogP contribution is -2.40. The van der Waals surface area contributed by atoms with Gasteiger partial charge in [0, 0.05) is 0 Å². The van der Waals surface area contributed by atoms with Crippen LogP contribution in [0, 0.1) is 11.8 Å². The van der Waals surface area contributed by atoms with Crippen molar-refractivity contribution in [3.05, 3.63) is 0 Å². The van der Waals surface area contributed by atoms with Crippen LogP contribution in [0.1, 0.15) is 12.8 Å². The smallest absolute Gasteiger partial charge is 0.306 e. The highest BCUT2D eigenvalue weighted by molar-refractivity contribution is 5.70. The van der Waals surface area contributed by atoms with Gasteiger partial charge in [0.1, 0.15) is 0 Å². The number of hydrogen-bond acceptors (Lipinski definition) is 2. The zero-order valence-electron chi connectivity index (χ0n) is 6.92. The summed E-state index contributed by atoms with van der Waals surface area (Å²) in [7, 11) is 0. The molecule has 0 amide bonds. The van der Waals surface area contributed by atoms with Gasteiger partial charge in [-0.3, -0.25) is 9.18 Å². The topological polar surface area (TPSA) is 49.3 Å². The molecule has 0 bridgehead atoms. The van der Waals surface area contributed by atoms with Crippen molar-refractivity contribution < 1.29 is 14.3 Å². The van der Waals surface area contributed by atoms with Gasteiger partial charge in [0.2, 0.25) is 0 Å². The molecular formula is C8H14FNO2. The highest BCUT2D eigenvalue weighted by atomic mass is 19.1. The van der Waals surface area contributed by atoms with Crippen molar-refractivity contribution in [2.24, 2.45) is 11.8 Å². The largest absolute Gasteiger partial charge is 0.481 e. The standard InChI is InChI=1S/C8H14FNO2/c9-3-1-6-5-10-4-2-7(6)8(11)12/h6-7,10H,1-5H2,(H,11,12). The highest BCUT2D eigenvalue weighted by Gasteiger charge is 2.29. The average molecular weight is 175 g/mol. The lowest BCUT2D eigenvalue weighted by Gasteiger charge is -2.28. The Labute approximate surface area is 71.0 Å². The van der Waals surface area contributed by atoms with Gasteiger partial charge in [-0.2, -0.15) is 0 Å².